The van der Waals surface area contributed by atoms with E-state index in [2.05, 4.69) is 18.9 Å². The third kappa shape index (κ3) is 2.41. The van der Waals surface area contributed by atoms with Crippen LogP contribution in [0.2, 0.25) is 0 Å². The largest absolute Gasteiger partial charge is 0.478 e. The van der Waals surface area contributed by atoms with Crippen molar-refractivity contribution in [1.82, 2.24) is 9.78 Å². The number of ether oxygens (including phenoxy) is 1. The maximum absolute atomic E-state index is 11.1. The van der Waals surface area contributed by atoms with Crippen LogP contribution in [0.3, 0.4) is 0 Å². The highest BCUT2D eigenvalue weighted by Crippen LogP contribution is 2.30. The third-order valence-electron chi connectivity index (χ3n) is 3.53. The summed E-state index contributed by atoms with van der Waals surface area (Å²) in [4.78, 5) is 11.1. The van der Waals surface area contributed by atoms with Crippen molar-refractivity contribution in [1.29, 1.82) is 0 Å². The fraction of sp³-hybridized carbons (Fsp3) is 0.692. The van der Waals surface area contributed by atoms with Crippen molar-refractivity contribution in [3.63, 3.8) is 0 Å². The lowest BCUT2D eigenvalue weighted by Crippen LogP contribution is -2.23. The van der Waals surface area contributed by atoms with Crippen LogP contribution in [0.25, 0.3) is 0 Å². The van der Waals surface area contributed by atoms with E-state index in [0.29, 0.717) is 23.5 Å². The van der Waals surface area contributed by atoms with E-state index < -0.39 is 5.97 Å². The van der Waals surface area contributed by atoms with E-state index in [-0.39, 0.29) is 11.7 Å². The minimum atomic E-state index is -0.913. The zero-order chi connectivity index (χ0) is 13.5. The summed E-state index contributed by atoms with van der Waals surface area (Å²) in [6, 6.07) is 0. The summed E-state index contributed by atoms with van der Waals surface area (Å²) in [6.07, 6.45) is 2.15. The summed E-state index contributed by atoms with van der Waals surface area (Å²) in [7, 11) is 0. The van der Waals surface area contributed by atoms with Crippen LogP contribution in [-0.4, -0.2) is 32.6 Å². The van der Waals surface area contributed by atoms with Crippen LogP contribution >= 0.6 is 0 Å². The molecule has 1 aromatic heterocycles. The van der Waals surface area contributed by atoms with Crippen molar-refractivity contribution < 1.29 is 14.6 Å². The Hall–Kier alpha value is -1.36. The smallest absolute Gasteiger partial charge is 0.339 e. The minimum absolute atomic E-state index is 0.0730. The quantitative estimate of drug-likeness (QED) is 0.895. The molecule has 0 radical (unpaired) electrons. The van der Waals surface area contributed by atoms with Crippen molar-refractivity contribution in [2.45, 2.75) is 58.8 Å². The lowest BCUT2D eigenvalue weighted by atomic mass is 10.1. The van der Waals surface area contributed by atoms with Gasteiger partial charge in [0.05, 0.1) is 29.6 Å². The second kappa shape index (κ2) is 4.39. The standard InChI is InChI=1S/C13H20N2O3/c1-8-11(12(16)17)9(2)15(14-8)7-10-5-6-13(3,4)18-10/h10H,5-7H2,1-4H3,(H,16,17). The molecule has 1 aliphatic heterocycles. The average Bonchev–Trinajstić information content (AvgIpc) is 2.68. The van der Waals surface area contributed by atoms with Crippen LogP contribution in [0.1, 0.15) is 48.4 Å². The van der Waals surface area contributed by atoms with Crippen molar-refractivity contribution in [2.24, 2.45) is 0 Å². The molecule has 18 heavy (non-hydrogen) atoms. The second-order valence-electron chi connectivity index (χ2n) is 5.57. The summed E-state index contributed by atoms with van der Waals surface area (Å²) in [5.41, 5.74) is 1.51. The summed E-state index contributed by atoms with van der Waals surface area (Å²) in [6.45, 7) is 8.31. The summed E-state index contributed by atoms with van der Waals surface area (Å²) >= 11 is 0. The SMILES string of the molecule is Cc1nn(CC2CCC(C)(C)O2)c(C)c1C(=O)O. The second-order valence-corrected chi connectivity index (χ2v) is 5.57. The summed E-state index contributed by atoms with van der Waals surface area (Å²) in [5.74, 6) is -0.913. The normalized spacial score (nSPS) is 22.3. The van der Waals surface area contributed by atoms with Crippen molar-refractivity contribution >= 4 is 5.97 Å². The van der Waals surface area contributed by atoms with E-state index in [4.69, 9.17) is 9.84 Å². The third-order valence-corrected chi connectivity index (χ3v) is 3.53. The molecule has 2 rings (SSSR count). The van der Waals surface area contributed by atoms with E-state index in [9.17, 15) is 4.79 Å². The molecule has 0 aliphatic carbocycles. The highest BCUT2D eigenvalue weighted by atomic mass is 16.5. The van der Waals surface area contributed by atoms with Gasteiger partial charge in [0.25, 0.3) is 0 Å². The predicted molar refractivity (Wildman–Crippen MR) is 66.8 cm³/mol. The Bertz CT molecular complexity index is 477. The molecule has 100 valence electrons. The summed E-state index contributed by atoms with van der Waals surface area (Å²) in [5, 5.41) is 13.4. The maximum Gasteiger partial charge on any atom is 0.339 e. The number of rotatable bonds is 3. The number of hydrogen-bond donors (Lipinski definition) is 1. The molecule has 1 fully saturated rings. The molecular formula is C13H20N2O3. The van der Waals surface area contributed by atoms with Gasteiger partial charge in [-0.05, 0) is 40.5 Å². The van der Waals surface area contributed by atoms with Gasteiger partial charge in [0.2, 0.25) is 0 Å². The molecule has 0 amide bonds. The highest BCUT2D eigenvalue weighted by Gasteiger charge is 2.32. The van der Waals surface area contributed by atoms with Crippen LogP contribution in [0.15, 0.2) is 0 Å². The maximum atomic E-state index is 11.1. The molecule has 1 saturated heterocycles. The molecule has 2 heterocycles. The first-order valence-electron chi connectivity index (χ1n) is 6.25. The zero-order valence-electron chi connectivity index (χ0n) is 11.4. The number of aromatic nitrogens is 2. The Balaban J connectivity index is 2.16. The first-order valence-corrected chi connectivity index (χ1v) is 6.25. The number of aromatic carboxylic acids is 1. The van der Waals surface area contributed by atoms with Crippen molar-refractivity contribution in [2.75, 3.05) is 0 Å². The highest BCUT2D eigenvalue weighted by molar-refractivity contribution is 5.90. The number of carboxylic acid groups (broad SMARTS) is 1. The van der Waals surface area contributed by atoms with Crippen LogP contribution in [0.4, 0.5) is 0 Å². The van der Waals surface area contributed by atoms with Gasteiger partial charge in [0.1, 0.15) is 5.56 Å². The Morgan fingerprint density at radius 2 is 2.22 bits per heavy atom. The minimum Gasteiger partial charge on any atom is -0.478 e. The van der Waals surface area contributed by atoms with E-state index in [1.54, 1.807) is 18.5 Å². The van der Waals surface area contributed by atoms with Gasteiger partial charge in [-0.1, -0.05) is 0 Å². The number of aryl methyl sites for hydroxylation is 1. The Morgan fingerprint density at radius 3 is 2.67 bits per heavy atom. The molecule has 0 bridgehead atoms. The van der Waals surface area contributed by atoms with Gasteiger partial charge in [-0.3, -0.25) is 4.68 Å². The van der Waals surface area contributed by atoms with Crippen LogP contribution in [0.5, 0.6) is 0 Å². The van der Waals surface area contributed by atoms with E-state index >= 15 is 0 Å². The van der Waals surface area contributed by atoms with Gasteiger partial charge in [0, 0.05) is 0 Å². The fourth-order valence-electron chi connectivity index (χ4n) is 2.58. The van der Waals surface area contributed by atoms with Gasteiger partial charge >= 0.3 is 5.97 Å². The number of carbonyl (C=O) groups is 1. The Kier molecular flexibility index (Phi) is 3.19. The number of carboxylic acids is 1. The number of nitrogens with zero attached hydrogens (tertiary/aromatic N) is 2. The molecule has 0 aromatic carbocycles. The molecular weight excluding hydrogens is 232 g/mol. The molecule has 0 saturated carbocycles. The van der Waals surface area contributed by atoms with E-state index in [1.165, 1.54) is 0 Å². The summed E-state index contributed by atoms with van der Waals surface area (Å²) < 4.78 is 7.66. The molecule has 1 aromatic rings. The molecule has 5 nitrogen and oxygen atoms in total. The molecule has 0 spiro atoms. The van der Waals surface area contributed by atoms with Gasteiger partial charge in [0.15, 0.2) is 0 Å². The van der Waals surface area contributed by atoms with Crippen molar-refractivity contribution in [3.05, 3.63) is 17.0 Å². The van der Waals surface area contributed by atoms with Gasteiger partial charge < -0.3 is 9.84 Å². The number of hydrogen-bond acceptors (Lipinski definition) is 3. The van der Waals surface area contributed by atoms with E-state index in [0.717, 1.165) is 12.8 Å². The molecule has 1 unspecified atom stereocenters. The Morgan fingerprint density at radius 1 is 1.56 bits per heavy atom. The van der Waals surface area contributed by atoms with E-state index in [1.807, 2.05) is 0 Å². The Labute approximate surface area is 107 Å². The fourth-order valence-corrected chi connectivity index (χ4v) is 2.58. The van der Waals surface area contributed by atoms with Crippen LogP contribution in [-0.2, 0) is 11.3 Å². The molecule has 1 N–H and O–H groups in total. The average molecular weight is 252 g/mol. The lowest BCUT2D eigenvalue weighted by molar-refractivity contribution is -0.0232. The predicted octanol–water partition coefficient (Wildman–Crippen LogP) is 2.16. The molecule has 1 atom stereocenters. The first kappa shape index (κ1) is 13.1. The zero-order valence-corrected chi connectivity index (χ0v) is 11.4. The van der Waals surface area contributed by atoms with Crippen molar-refractivity contribution in [3.8, 4) is 0 Å². The molecule has 1 aliphatic rings. The van der Waals surface area contributed by atoms with Crippen LogP contribution < -0.4 is 0 Å². The van der Waals surface area contributed by atoms with Gasteiger partial charge in [-0.2, -0.15) is 5.10 Å². The lowest BCUT2D eigenvalue weighted by Gasteiger charge is -2.19. The monoisotopic (exact) mass is 252 g/mol. The molecule has 5 heteroatoms. The topological polar surface area (TPSA) is 64.4 Å². The van der Waals surface area contributed by atoms with Crippen LogP contribution in [0, 0.1) is 13.8 Å². The van der Waals surface area contributed by atoms with Gasteiger partial charge in [-0.25, -0.2) is 4.79 Å². The first-order chi connectivity index (χ1) is 8.30. The van der Waals surface area contributed by atoms with Gasteiger partial charge in [-0.15, -0.1) is 0 Å².